The van der Waals surface area contributed by atoms with E-state index >= 15 is 0 Å². The summed E-state index contributed by atoms with van der Waals surface area (Å²) in [6, 6.07) is 3.25. The Morgan fingerprint density at radius 1 is 1.41 bits per heavy atom. The van der Waals surface area contributed by atoms with Crippen molar-refractivity contribution in [3.05, 3.63) is 40.7 Å². The van der Waals surface area contributed by atoms with E-state index < -0.39 is 12.1 Å². The highest BCUT2D eigenvalue weighted by Crippen LogP contribution is 2.21. The molecule has 114 valence electrons. The molecule has 0 radical (unpaired) electrons. The first-order chi connectivity index (χ1) is 10.5. The molecule has 2 heterocycles. The first-order valence-electron chi connectivity index (χ1n) is 6.67. The van der Waals surface area contributed by atoms with Gasteiger partial charge in [-0.15, -0.1) is 0 Å². The average Bonchev–Trinajstić information content (AvgIpc) is 2.84. The van der Waals surface area contributed by atoms with E-state index in [1.54, 1.807) is 19.3 Å². The van der Waals surface area contributed by atoms with Gasteiger partial charge in [0.05, 0.1) is 11.8 Å². The molecule has 0 aliphatic heterocycles. The molecule has 0 saturated heterocycles. The molecule has 1 atom stereocenters. The number of thiazole rings is 1. The molecule has 2 amide bonds. The molecule has 0 fully saturated rings. The van der Waals surface area contributed by atoms with Crippen molar-refractivity contribution >= 4 is 22.5 Å². The number of aryl methyl sites for hydroxylation is 1. The van der Waals surface area contributed by atoms with E-state index in [-0.39, 0.29) is 6.54 Å². The number of anilines is 1. The summed E-state index contributed by atoms with van der Waals surface area (Å²) in [6.45, 7) is 3.62. The predicted octanol–water partition coefficient (Wildman–Crippen LogP) is 1.75. The second kappa shape index (κ2) is 7.54. The van der Waals surface area contributed by atoms with Crippen LogP contribution >= 0.6 is 11.3 Å². The Kier molecular flexibility index (Phi) is 5.47. The molecule has 1 unspecified atom stereocenters. The van der Waals surface area contributed by atoms with Crippen LogP contribution in [0.25, 0.3) is 0 Å². The second-order valence-electron chi connectivity index (χ2n) is 4.60. The lowest BCUT2D eigenvalue weighted by Crippen LogP contribution is -2.34. The fraction of sp³-hybridized carbons (Fsp3) is 0.267. The van der Waals surface area contributed by atoms with E-state index in [0.29, 0.717) is 5.13 Å². The van der Waals surface area contributed by atoms with Crippen molar-refractivity contribution < 1.29 is 9.90 Å². The lowest BCUT2D eigenvalue weighted by Gasteiger charge is -2.06. The number of rotatable bonds is 3. The van der Waals surface area contributed by atoms with Crippen LogP contribution in [0.1, 0.15) is 23.1 Å². The van der Waals surface area contributed by atoms with Crippen molar-refractivity contribution in [1.29, 1.82) is 0 Å². The van der Waals surface area contributed by atoms with Gasteiger partial charge in [0.15, 0.2) is 5.13 Å². The first-order valence-corrected chi connectivity index (χ1v) is 7.48. The molecule has 2 rings (SSSR count). The Hall–Kier alpha value is -2.43. The van der Waals surface area contributed by atoms with Crippen molar-refractivity contribution in [2.24, 2.45) is 0 Å². The molecule has 0 bridgehead atoms. The summed E-state index contributed by atoms with van der Waals surface area (Å²) in [6.07, 6.45) is 2.78. The number of aromatic nitrogens is 2. The lowest BCUT2D eigenvalue weighted by molar-refractivity contribution is 0.190. The average molecular weight is 316 g/mol. The summed E-state index contributed by atoms with van der Waals surface area (Å²) in [5, 5.41) is 14.8. The Labute approximate surface area is 132 Å². The number of nitrogens with zero attached hydrogens (tertiary/aromatic N) is 2. The molecule has 0 aliphatic rings. The van der Waals surface area contributed by atoms with Gasteiger partial charge in [0.2, 0.25) is 0 Å². The van der Waals surface area contributed by atoms with Gasteiger partial charge >= 0.3 is 6.03 Å². The summed E-state index contributed by atoms with van der Waals surface area (Å²) in [7, 11) is 0. The topological polar surface area (TPSA) is 87.1 Å². The normalized spacial score (nSPS) is 11.2. The van der Waals surface area contributed by atoms with Crippen LogP contribution in [-0.4, -0.2) is 33.8 Å². The van der Waals surface area contributed by atoms with Crippen LogP contribution in [0.2, 0.25) is 0 Å². The van der Waals surface area contributed by atoms with Crippen LogP contribution < -0.4 is 10.6 Å². The predicted molar refractivity (Wildman–Crippen MR) is 85.8 cm³/mol. The van der Waals surface area contributed by atoms with Gasteiger partial charge in [-0.2, -0.15) is 0 Å². The monoisotopic (exact) mass is 316 g/mol. The van der Waals surface area contributed by atoms with Gasteiger partial charge in [0, 0.05) is 24.5 Å². The quantitative estimate of drug-likeness (QED) is 0.753. The molecule has 3 N–H and O–H groups in total. The smallest absolute Gasteiger partial charge is 0.321 e. The standard InChI is InChI=1S/C15H16N4O2S/c1-10(20)9-17-14(21)19-15-18-11(2)13(22-15)4-3-12-5-7-16-8-6-12/h5-8,10,20H,9H2,1-2H3,(H2,17,18,19,21). The van der Waals surface area contributed by atoms with Crippen LogP contribution in [-0.2, 0) is 0 Å². The second-order valence-corrected chi connectivity index (χ2v) is 5.60. The maximum Gasteiger partial charge on any atom is 0.321 e. The molecule has 0 aliphatic carbocycles. The zero-order chi connectivity index (χ0) is 15.9. The van der Waals surface area contributed by atoms with Crippen molar-refractivity contribution in [3.63, 3.8) is 0 Å². The fourth-order valence-electron chi connectivity index (χ4n) is 1.51. The van der Waals surface area contributed by atoms with E-state index in [0.717, 1.165) is 16.1 Å². The molecule has 0 saturated carbocycles. The number of aliphatic hydroxyl groups excluding tert-OH is 1. The van der Waals surface area contributed by atoms with Crippen LogP contribution in [0.15, 0.2) is 24.5 Å². The minimum atomic E-state index is -0.592. The molecule has 22 heavy (non-hydrogen) atoms. The minimum Gasteiger partial charge on any atom is -0.392 e. The molecular weight excluding hydrogens is 300 g/mol. The lowest BCUT2D eigenvalue weighted by atomic mass is 10.2. The number of nitrogens with one attached hydrogen (secondary N) is 2. The number of amides is 2. The van der Waals surface area contributed by atoms with E-state index in [1.165, 1.54) is 11.3 Å². The van der Waals surface area contributed by atoms with Crippen LogP contribution in [0.4, 0.5) is 9.93 Å². The molecule has 2 aromatic rings. The highest BCUT2D eigenvalue weighted by molar-refractivity contribution is 7.16. The summed E-state index contributed by atoms with van der Waals surface area (Å²) >= 11 is 1.31. The van der Waals surface area contributed by atoms with Crippen molar-refractivity contribution in [2.45, 2.75) is 20.0 Å². The van der Waals surface area contributed by atoms with Crippen LogP contribution in [0.5, 0.6) is 0 Å². The number of carbonyl (C=O) groups excluding carboxylic acids is 1. The Balaban J connectivity index is 2.03. The molecule has 0 spiro atoms. The number of hydrogen-bond acceptors (Lipinski definition) is 5. The zero-order valence-electron chi connectivity index (χ0n) is 12.3. The van der Waals surface area contributed by atoms with Gasteiger partial charge in [0.1, 0.15) is 4.88 Å². The highest BCUT2D eigenvalue weighted by Gasteiger charge is 2.09. The molecule has 0 aromatic carbocycles. The van der Waals surface area contributed by atoms with Gasteiger partial charge < -0.3 is 10.4 Å². The summed E-state index contributed by atoms with van der Waals surface area (Å²) in [5.41, 5.74) is 1.63. The van der Waals surface area contributed by atoms with Crippen molar-refractivity contribution in [2.75, 3.05) is 11.9 Å². The van der Waals surface area contributed by atoms with Gasteiger partial charge in [-0.05, 0) is 31.9 Å². The Morgan fingerprint density at radius 2 is 2.14 bits per heavy atom. The minimum absolute atomic E-state index is 0.185. The SMILES string of the molecule is Cc1nc(NC(=O)NCC(C)O)sc1C#Cc1ccncc1. The number of pyridine rings is 1. The number of aliphatic hydroxyl groups is 1. The summed E-state index contributed by atoms with van der Waals surface area (Å²) in [5.74, 6) is 6.07. The molecule has 2 aromatic heterocycles. The maximum atomic E-state index is 11.6. The number of carbonyl (C=O) groups is 1. The fourth-order valence-corrected chi connectivity index (χ4v) is 2.33. The van der Waals surface area contributed by atoms with Crippen LogP contribution in [0.3, 0.4) is 0 Å². The van der Waals surface area contributed by atoms with E-state index in [1.807, 2.05) is 19.1 Å². The molecule has 6 nitrogen and oxygen atoms in total. The number of urea groups is 1. The van der Waals surface area contributed by atoms with Gasteiger partial charge in [-0.25, -0.2) is 9.78 Å². The maximum absolute atomic E-state index is 11.6. The number of hydrogen-bond donors (Lipinski definition) is 3. The third-order valence-electron chi connectivity index (χ3n) is 2.58. The van der Waals surface area contributed by atoms with Crippen LogP contribution in [0, 0.1) is 18.8 Å². The zero-order valence-corrected chi connectivity index (χ0v) is 13.1. The van der Waals surface area contributed by atoms with Crippen molar-refractivity contribution in [3.8, 4) is 11.8 Å². The van der Waals surface area contributed by atoms with E-state index in [9.17, 15) is 4.79 Å². The molecule has 7 heteroatoms. The van der Waals surface area contributed by atoms with Gasteiger partial charge in [-0.3, -0.25) is 10.3 Å². The first kappa shape index (κ1) is 15.9. The molecular formula is C15H16N4O2S. The van der Waals surface area contributed by atoms with E-state index in [2.05, 4.69) is 32.4 Å². The largest absolute Gasteiger partial charge is 0.392 e. The summed E-state index contributed by atoms with van der Waals surface area (Å²) in [4.78, 5) is 20.6. The summed E-state index contributed by atoms with van der Waals surface area (Å²) < 4.78 is 0. The van der Waals surface area contributed by atoms with Crippen molar-refractivity contribution in [1.82, 2.24) is 15.3 Å². The van der Waals surface area contributed by atoms with Gasteiger partial charge in [-0.1, -0.05) is 17.3 Å². The third kappa shape index (κ3) is 4.84. The highest BCUT2D eigenvalue weighted by atomic mass is 32.1. The Morgan fingerprint density at radius 3 is 2.82 bits per heavy atom. The Bertz CT molecular complexity index is 701. The third-order valence-corrected chi connectivity index (χ3v) is 3.56. The van der Waals surface area contributed by atoms with Gasteiger partial charge in [0.25, 0.3) is 0 Å². The van der Waals surface area contributed by atoms with E-state index in [4.69, 9.17) is 5.11 Å².